The zero-order valence-corrected chi connectivity index (χ0v) is 16.7. The number of aromatic nitrogens is 3. The fourth-order valence-electron chi connectivity index (χ4n) is 3.32. The van der Waals surface area contributed by atoms with Crippen LogP contribution in [0, 0.1) is 6.92 Å². The summed E-state index contributed by atoms with van der Waals surface area (Å²) in [6.07, 6.45) is 8.70. The molecule has 1 atom stereocenters. The van der Waals surface area contributed by atoms with Gasteiger partial charge in [0.15, 0.2) is 0 Å². The molecule has 2 aromatic heterocycles. The van der Waals surface area contributed by atoms with Crippen molar-refractivity contribution in [3.05, 3.63) is 59.7 Å². The van der Waals surface area contributed by atoms with E-state index in [0.717, 1.165) is 41.3 Å². The summed E-state index contributed by atoms with van der Waals surface area (Å²) in [6, 6.07) is 12.9. The predicted molar refractivity (Wildman–Crippen MR) is 113 cm³/mol. The quantitative estimate of drug-likeness (QED) is 0.511. The molecule has 1 N–H and O–H groups in total. The van der Waals surface area contributed by atoms with Gasteiger partial charge in [0, 0.05) is 28.9 Å². The Morgan fingerprint density at radius 3 is 2.70 bits per heavy atom. The molecule has 0 aliphatic rings. The van der Waals surface area contributed by atoms with E-state index in [0.29, 0.717) is 6.04 Å². The van der Waals surface area contributed by atoms with Crippen LogP contribution in [0.5, 0.6) is 0 Å². The van der Waals surface area contributed by atoms with Gasteiger partial charge < -0.3 is 5.32 Å². The van der Waals surface area contributed by atoms with Crippen LogP contribution in [0.1, 0.15) is 56.6 Å². The summed E-state index contributed by atoms with van der Waals surface area (Å²) >= 11 is 0. The zero-order valence-electron chi connectivity index (χ0n) is 16.7. The molecule has 3 rings (SSSR count). The minimum atomic E-state index is 0.420. The van der Waals surface area contributed by atoms with Crippen LogP contribution in [0.15, 0.2) is 42.6 Å². The van der Waals surface area contributed by atoms with Crippen LogP contribution >= 0.6 is 0 Å². The Kier molecular flexibility index (Phi) is 6.74. The average molecular weight is 363 g/mol. The molecule has 0 spiro atoms. The Morgan fingerprint density at radius 2 is 1.85 bits per heavy atom. The number of unbranched alkanes of at least 4 members (excludes halogenated alkanes) is 2. The molecule has 0 aliphatic heterocycles. The van der Waals surface area contributed by atoms with Gasteiger partial charge in [-0.1, -0.05) is 50.5 Å². The first kappa shape index (κ1) is 19.3. The van der Waals surface area contributed by atoms with E-state index in [1.807, 2.05) is 25.3 Å². The van der Waals surface area contributed by atoms with E-state index in [1.165, 1.54) is 31.1 Å². The molecule has 0 aliphatic carbocycles. The van der Waals surface area contributed by atoms with E-state index in [9.17, 15) is 0 Å². The van der Waals surface area contributed by atoms with Crippen molar-refractivity contribution in [1.29, 1.82) is 0 Å². The van der Waals surface area contributed by atoms with E-state index in [1.54, 1.807) is 0 Å². The van der Waals surface area contributed by atoms with E-state index < -0.39 is 0 Å². The summed E-state index contributed by atoms with van der Waals surface area (Å²) in [5.74, 6) is 1.79. The van der Waals surface area contributed by atoms with Crippen molar-refractivity contribution in [2.24, 2.45) is 0 Å². The second-order valence-electron chi connectivity index (χ2n) is 7.33. The number of para-hydroxylation sites is 1. The number of benzene rings is 1. The van der Waals surface area contributed by atoms with E-state index >= 15 is 0 Å². The predicted octanol–water partition coefficient (Wildman–Crippen LogP) is 5.50. The summed E-state index contributed by atoms with van der Waals surface area (Å²) in [6.45, 7) is 6.42. The fourth-order valence-corrected chi connectivity index (χ4v) is 3.32. The number of hydrogen-bond donors (Lipinski definition) is 1. The fraction of sp³-hybridized carbons (Fsp3) is 0.435. The lowest BCUT2D eigenvalue weighted by molar-refractivity contribution is 0.612. The second-order valence-corrected chi connectivity index (χ2v) is 7.33. The maximum absolute atomic E-state index is 4.79. The van der Waals surface area contributed by atoms with Gasteiger partial charge in [-0.05, 0) is 45.2 Å². The first-order valence-corrected chi connectivity index (χ1v) is 10.1. The lowest BCUT2D eigenvalue weighted by Gasteiger charge is -2.17. The highest BCUT2D eigenvalue weighted by Gasteiger charge is 2.10. The summed E-state index contributed by atoms with van der Waals surface area (Å²) in [7, 11) is 0. The SMILES string of the molecule is CCCCCC(C)Nc1nc(C)ncc1CCc1ccc2ccccc2n1. The van der Waals surface area contributed by atoms with Crippen LogP contribution in [0.2, 0.25) is 0 Å². The molecule has 0 saturated heterocycles. The van der Waals surface area contributed by atoms with Crippen molar-refractivity contribution < 1.29 is 0 Å². The normalized spacial score (nSPS) is 12.3. The van der Waals surface area contributed by atoms with Gasteiger partial charge in [0.05, 0.1) is 5.52 Å². The van der Waals surface area contributed by atoms with Crippen molar-refractivity contribution in [1.82, 2.24) is 15.0 Å². The second kappa shape index (κ2) is 9.45. The molecular formula is C23H30N4. The molecule has 0 saturated carbocycles. The lowest BCUT2D eigenvalue weighted by atomic mass is 10.1. The molecule has 27 heavy (non-hydrogen) atoms. The van der Waals surface area contributed by atoms with Gasteiger partial charge in [-0.25, -0.2) is 9.97 Å². The lowest BCUT2D eigenvalue weighted by Crippen LogP contribution is -2.18. The van der Waals surface area contributed by atoms with Crippen LogP contribution in [0.25, 0.3) is 10.9 Å². The van der Waals surface area contributed by atoms with Gasteiger partial charge in [-0.2, -0.15) is 0 Å². The molecule has 4 nitrogen and oxygen atoms in total. The molecule has 4 heteroatoms. The molecule has 3 aromatic rings. The summed E-state index contributed by atoms with van der Waals surface area (Å²) in [4.78, 5) is 13.9. The topological polar surface area (TPSA) is 50.7 Å². The van der Waals surface area contributed by atoms with E-state index in [-0.39, 0.29) is 0 Å². The number of hydrogen-bond acceptors (Lipinski definition) is 4. The molecule has 0 bridgehead atoms. The molecule has 1 aromatic carbocycles. The standard InChI is InChI=1S/C23H30N4/c1-4-5-6-9-17(2)25-23-20(16-24-18(3)26-23)13-15-21-14-12-19-10-7-8-11-22(19)27-21/h7-8,10-12,14,16-17H,4-6,9,13,15H2,1-3H3,(H,24,25,26). The average Bonchev–Trinajstić information content (AvgIpc) is 2.67. The Labute approximate surface area is 162 Å². The summed E-state index contributed by atoms with van der Waals surface area (Å²) in [5, 5.41) is 4.79. The number of anilines is 1. The third-order valence-corrected chi connectivity index (χ3v) is 4.92. The largest absolute Gasteiger partial charge is 0.367 e. The van der Waals surface area contributed by atoms with E-state index in [2.05, 4.69) is 53.4 Å². The molecule has 0 radical (unpaired) electrons. The maximum Gasteiger partial charge on any atom is 0.133 e. The smallest absolute Gasteiger partial charge is 0.133 e. The van der Waals surface area contributed by atoms with Crippen molar-refractivity contribution in [3.63, 3.8) is 0 Å². The molecular weight excluding hydrogens is 332 g/mol. The highest BCUT2D eigenvalue weighted by molar-refractivity contribution is 5.78. The van der Waals surface area contributed by atoms with Crippen LogP contribution < -0.4 is 5.32 Å². The molecule has 0 fully saturated rings. The minimum absolute atomic E-state index is 0.420. The third kappa shape index (κ3) is 5.49. The molecule has 142 valence electrons. The van der Waals surface area contributed by atoms with Crippen LogP contribution in [-0.4, -0.2) is 21.0 Å². The van der Waals surface area contributed by atoms with Crippen LogP contribution in [0.3, 0.4) is 0 Å². The Morgan fingerprint density at radius 1 is 1.00 bits per heavy atom. The maximum atomic E-state index is 4.79. The number of pyridine rings is 1. The number of nitrogens with zero attached hydrogens (tertiary/aromatic N) is 3. The Bertz CT molecular complexity index is 875. The number of fused-ring (bicyclic) bond motifs is 1. The minimum Gasteiger partial charge on any atom is -0.367 e. The van der Waals surface area contributed by atoms with Gasteiger partial charge in [-0.15, -0.1) is 0 Å². The molecule has 1 unspecified atom stereocenters. The van der Waals surface area contributed by atoms with E-state index in [4.69, 9.17) is 4.98 Å². The monoisotopic (exact) mass is 362 g/mol. The highest BCUT2D eigenvalue weighted by Crippen LogP contribution is 2.18. The van der Waals surface area contributed by atoms with Gasteiger partial charge in [-0.3, -0.25) is 4.98 Å². The number of nitrogens with one attached hydrogen (secondary N) is 1. The van der Waals surface area contributed by atoms with Gasteiger partial charge in [0.2, 0.25) is 0 Å². The summed E-state index contributed by atoms with van der Waals surface area (Å²) < 4.78 is 0. The molecule has 0 amide bonds. The first-order valence-electron chi connectivity index (χ1n) is 10.1. The third-order valence-electron chi connectivity index (χ3n) is 4.92. The molecule has 2 heterocycles. The van der Waals surface area contributed by atoms with Crippen molar-refractivity contribution in [2.75, 3.05) is 5.32 Å². The Hall–Kier alpha value is -2.49. The van der Waals surface area contributed by atoms with Gasteiger partial charge >= 0.3 is 0 Å². The highest BCUT2D eigenvalue weighted by atomic mass is 15.0. The van der Waals surface area contributed by atoms with Crippen LogP contribution in [-0.2, 0) is 12.8 Å². The number of rotatable bonds is 9. The van der Waals surface area contributed by atoms with Gasteiger partial charge in [0.25, 0.3) is 0 Å². The van der Waals surface area contributed by atoms with Crippen molar-refractivity contribution >= 4 is 16.7 Å². The zero-order chi connectivity index (χ0) is 19.1. The number of aryl methyl sites for hydroxylation is 3. The Balaban J connectivity index is 1.68. The van der Waals surface area contributed by atoms with Crippen molar-refractivity contribution in [2.45, 2.75) is 65.3 Å². The first-order chi connectivity index (χ1) is 13.2. The van der Waals surface area contributed by atoms with Crippen molar-refractivity contribution in [3.8, 4) is 0 Å². The van der Waals surface area contributed by atoms with Gasteiger partial charge in [0.1, 0.15) is 11.6 Å². The summed E-state index contributed by atoms with van der Waals surface area (Å²) in [5.41, 5.74) is 3.33. The van der Waals surface area contributed by atoms with Crippen LogP contribution in [0.4, 0.5) is 5.82 Å².